The maximum atomic E-state index is 5.77. The Labute approximate surface area is 115 Å². The number of anilines is 2. The third-order valence-corrected chi connectivity index (χ3v) is 3.03. The van der Waals surface area contributed by atoms with Gasteiger partial charge in [0, 0.05) is 19.9 Å². The van der Waals surface area contributed by atoms with Gasteiger partial charge in [0.1, 0.15) is 0 Å². The van der Waals surface area contributed by atoms with Gasteiger partial charge in [-0.25, -0.2) is 0 Å². The Hall–Kier alpha value is -1.83. The lowest BCUT2D eigenvalue weighted by atomic mass is 10.4. The summed E-state index contributed by atoms with van der Waals surface area (Å²) in [5.41, 5.74) is 5.77. The first-order chi connectivity index (χ1) is 9.06. The van der Waals surface area contributed by atoms with E-state index in [0.29, 0.717) is 36.2 Å². The number of nitrogens with zero attached hydrogens (tertiary/aromatic N) is 3. The summed E-state index contributed by atoms with van der Waals surface area (Å²) in [4.78, 5) is 4.13. The summed E-state index contributed by atoms with van der Waals surface area (Å²) >= 11 is 1.28. The zero-order valence-corrected chi connectivity index (χ0v) is 12.0. The molecule has 7 nitrogen and oxygen atoms in total. The maximum Gasteiger partial charge on any atom is 0.223 e. The smallest absolute Gasteiger partial charge is 0.223 e. The summed E-state index contributed by atoms with van der Waals surface area (Å²) in [6, 6.07) is 0. The number of ether oxygens (including phenoxy) is 1. The minimum atomic E-state index is 0.0547. The van der Waals surface area contributed by atoms with Gasteiger partial charge < -0.3 is 20.3 Å². The molecule has 0 spiro atoms. The second-order valence-electron chi connectivity index (χ2n) is 4.30. The number of nitrogens with one attached hydrogen (secondary N) is 1. The zero-order valence-electron chi connectivity index (χ0n) is 11.1. The van der Waals surface area contributed by atoms with Crippen LogP contribution >= 0.6 is 11.5 Å². The van der Waals surface area contributed by atoms with Gasteiger partial charge in [0.25, 0.3) is 0 Å². The molecule has 3 N–H and O–H groups in total. The van der Waals surface area contributed by atoms with Gasteiger partial charge in [0.2, 0.25) is 5.89 Å². The molecule has 0 amide bonds. The summed E-state index contributed by atoms with van der Waals surface area (Å²) in [6.45, 7) is 6.32. The van der Waals surface area contributed by atoms with Gasteiger partial charge in [-0.3, -0.25) is 0 Å². The number of aryl methyl sites for hydroxylation is 1. The van der Waals surface area contributed by atoms with Crippen molar-refractivity contribution >= 4 is 22.4 Å². The van der Waals surface area contributed by atoms with Crippen LogP contribution in [0.3, 0.4) is 0 Å². The number of aromatic nitrogens is 3. The van der Waals surface area contributed by atoms with Gasteiger partial charge in [-0.1, -0.05) is 5.16 Å². The molecule has 0 saturated heterocycles. The molecule has 104 valence electrons. The molecule has 0 radical (unpaired) electrons. The average molecular weight is 283 g/mol. The molecule has 0 saturated carbocycles. The Bertz CT molecular complexity index is 537. The largest absolute Gasteiger partial charge is 0.484 e. The maximum absolute atomic E-state index is 5.77. The standard InChI is InChI=1S/C11H17N5O2S/c1-6(2)17-9-10(12)16-19-11(9)13-5-4-8-14-7(3)18-15-8/h6,13H,4-5H2,1-3H3,(H2,12,16). The molecule has 19 heavy (non-hydrogen) atoms. The van der Waals surface area contributed by atoms with Gasteiger partial charge in [0.15, 0.2) is 22.4 Å². The van der Waals surface area contributed by atoms with Crippen LogP contribution in [0.25, 0.3) is 0 Å². The SMILES string of the molecule is Cc1nc(CCNc2snc(N)c2OC(C)C)no1. The molecule has 0 aliphatic heterocycles. The first-order valence-electron chi connectivity index (χ1n) is 6.01. The Morgan fingerprint density at radius 1 is 1.47 bits per heavy atom. The second kappa shape index (κ2) is 5.87. The third kappa shape index (κ3) is 3.57. The monoisotopic (exact) mass is 283 g/mol. The fraction of sp³-hybridized carbons (Fsp3) is 0.545. The summed E-state index contributed by atoms with van der Waals surface area (Å²) in [5.74, 6) is 2.27. The molecule has 0 atom stereocenters. The molecule has 0 aromatic carbocycles. The van der Waals surface area contributed by atoms with Gasteiger partial charge in [-0.15, -0.1) is 0 Å². The van der Waals surface area contributed by atoms with Crippen molar-refractivity contribution in [3.63, 3.8) is 0 Å². The van der Waals surface area contributed by atoms with Gasteiger partial charge in [0.05, 0.1) is 6.10 Å². The van der Waals surface area contributed by atoms with Crippen LogP contribution in [0.5, 0.6) is 5.75 Å². The van der Waals surface area contributed by atoms with Gasteiger partial charge in [-0.2, -0.15) is 9.36 Å². The van der Waals surface area contributed by atoms with Crippen LogP contribution in [0.4, 0.5) is 10.8 Å². The van der Waals surface area contributed by atoms with Crippen LogP contribution in [0.2, 0.25) is 0 Å². The molecule has 0 aliphatic carbocycles. The van der Waals surface area contributed by atoms with E-state index in [9.17, 15) is 0 Å². The van der Waals surface area contributed by atoms with Crippen molar-refractivity contribution in [1.29, 1.82) is 0 Å². The second-order valence-corrected chi connectivity index (χ2v) is 5.07. The molecule has 2 aromatic heterocycles. The zero-order chi connectivity index (χ0) is 13.8. The summed E-state index contributed by atoms with van der Waals surface area (Å²) < 4.78 is 14.6. The number of hydrogen-bond donors (Lipinski definition) is 2. The highest BCUT2D eigenvalue weighted by molar-refractivity contribution is 7.11. The van der Waals surface area contributed by atoms with Crippen LogP contribution in [0, 0.1) is 6.92 Å². The summed E-state index contributed by atoms with van der Waals surface area (Å²) in [7, 11) is 0. The van der Waals surface area contributed by atoms with E-state index in [1.54, 1.807) is 6.92 Å². The number of nitrogen functional groups attached to an aromatic ring is 1. The van der Waals surface area contributed by atoms with Crippen molar-refractivity contribution in [1.82, 2.24) is 14.5 Å². The van der Waals surface area contributed by atoms with Crippen LogP contribution in [0.1, 0.15) is 25.6 Å². The van der Waals surface area contributed by atoms with E-state index >= 15 is 0 Å². The van der Waals surface area contributed by atoms with Crippen molar-refractivity contribution in [2.75, 3.05) is 17.6 Å². The van der Waals surface area contributed by atoms with E-state index in [4.69, 9.17) is 15.0 Å². The van der Waals surface area contributed by atoms with Crippen molar-refractivity contribution in [2.24, 2.45) is 0 Å². The Kier molecular flexibility index (Phi) is 4.20. The lowest BCUT2D eigenvalue weighted by Crippen LogP contribution is -2.10. The molecule has 0 unspecified atom stereocenters. The van der Waals surface area contributed by atoms with E-state index in [-0.39, 0.29) is 6.10 Å². The van der Waals surface area contributed by atoms with Crippen LogP contribution in [-0.4, -0.2) is 27.2 Å². The van der Waals surface area contributed by atoms with E-state index in [2.05, 4.69) is 19.8 Å². The minimum absolute atomic E-state index is 0.0547. The minimum Gasteiger partial charge on any atom is -0.484 e. The first-order valence-corrected chi connectivity index (χ1v) is 6.78. The number of nitrogens with two attached hydrogens (primary N) is 1. The van der Waals surface area contributed by atoms with E-state index < -0.39 is 0 Å². The molecular weight excluding hydrogens is 266 g/mol. The number of hydrogen-bond acceptors (Lipinski definition) is 8. The predicted molar refractivity (Wildman–Crippen MR) is 73.5 cm³/mol. The highest BCUT2D eigenvalue weighted by atomic mass is 32.1. The lowest BCUT2D eigenvalue weighted by Gasteiger charge is -2.11. The molecule has 0 aliphatic rings. The fourth-order valence-electron chi connectivity index (χ4n) is 1.49. The highest BCUT2D eigenvalue weighted by Crippen LogP contribution is 2.35. The molecule has 8 heteroatoms. The normalized spacial score (nSPS) is 10.9. The van der Waals surface area contributed by atoms with Gasteiger partial charge >= 0.3 is 0 Å². The molecule has 2 aromatic rings. The van der Waals surface area contributed by atoms with Crippen molar-refractivity contribution in [3.8, 4) is 5.75 Å². The molecule has 0 fully saturated rings. The molecule has 2 rings (SSSR count). The Balaban J connectivity index is 1.92. The van der Waals surface area contributed by atoms with Crippen molar-refractivity contribution < 1.29 is 9.26 Å². The predicted octanol–water partition coefficient (Wildman–Crippen LogP) is 1.86. The highest BCUT2D eigenvalue weighted by Gasteiger charge is 2.14. The fourth-order valence-corrected chi connectivity index (χ4v) is 2.16. The first kappa shape index (κ1) is 13.6. The molecule has 2 heterocycles. The van der Waals surface area contributed by atoms with Crippen molar-refractivity contribution in [3.05, 3.63) is 11.7 Å². The molecule has 0 bridgehead atoms. The summed E-state index contributed by atoms with van der Waals surface area (Å²) in [5, 5.41) is 7.88. The quantitative estimate of drug-likeness (QED) is 0.834. The van der Waals surface area contributed by atoms with E-state index in [1.807, 2.05) is 13.8 Å². The van der Waals surface area contributed by atoms with Crippen LogP contribution < -0.4 is 15.8 Å². The van der Waals surface area contributed by atoms with E-state index in [1.165, 1.54) is 11.5 Å². The lowest BCUT2D eigenvalue weighted by molar-refractivity contribution is 0.245. The Morgan fingerprint density at radius 3 is 2.89 bits per heavy atom. The average Bonchev–Trinajstić information content (AvgIpc) is 2.89. The van der Waals surface area contributed by atoms with Crippen LogP contribution in [0.15, 0.2) is 4.52 Å². The van der Waals surface area contributed by atoms with E-state index in [0.717, 1.165) is 5.00 Å². The van der Waals surface area contributed by atoms with Crippen LogP contribution in [-0.2, 0) is 6.42 Å². The van der Waals surface area contributed by atoms with Crippen molar-refractivity contribution in [2.45, 2.75) is 33.3 Å². The molecular formula is C11H17N5O2S. The number of rotatable bonds is 6. The topological polar surface area (TPSA) is 99.1 Å². The van der Waals surface area contributed by atoms with Gasteiger partial charge in [-0.05, 0) is 25.4 Å². The summed E-state index contributed by atoms with van der Waals surface area (Å²) in [6.07, 6.45) is 0.718. The third-order valence-electron chi connectivity index (χ3n) is 2.23. The Morgan fingerprint density at radius 2 is 2.26 bits per heavy atom.